The van der Waals surface area contributed by atoms with Gasteiger partial charge in [-0.15, -0.1) is 0 Å². The van der Waals surface area contributed by atoms with Crippen LogP contribution in [-0.2, 0) is 11.2 Å². The minimum atomic E-state index is -0.332. The minimum absolute atomic E-state index is 0.306. The van der Waals surface area contributed by atoms with Gasteiger partial charge in [0.2, 0.25) is 0 Å². The molecule has 0 atom stereocenters. The summed E-state index contributed by atoms with van der Waals surface area (Å²) >= 11 is 0.924. The van der Waals surface area contributed by atoms with Gasteiger partial charge in [0.25, 0.3) is 11.1 Å². The van der Waals surface area contributed by atoms with Gasteiger partial charge >= 0.3 is 0 Å². The Labute approximate surface area is 169 Å². The zero-order chi connectivity index (χ0) is 20.1. The van der Waals surface area contributed by atoms with Crippen LogP contribution in [0.1, 0.15) is 30.9 Å². The topological polar surface area (TPSA) is 55.8 Å². The number of imide groups is 1. The Morgan fingerprint density at radius 1 is 1.04 bits per heavy atom. The number of nitrogens with zero attached hydrogens (tertiary/aromatic N) is 1. The molecule has 1 heterocycles. The Kier molecular flexibility index (Phi) is 6.41. The number of thioether (sulfide) groups is 1. The van der Waals surface area contributed by atoms with Crippen molar-refractivity contribution in [1.29, 1.82) is 0 Å². The van der Waals surface area contributed by atoms with Crippen LogP contribution in [0.2, 0.25) is 0 Å². The van der Waals surface area contributed by atoms with E-state index in [0.717, 1.165) is 31.0 Å². The maximum atomic E-state index is 12.9. The number of carbonyl (C=O) groups is 2. The molecule has 0 spiro atoms. The lowest BCUT2D eigenvalue weighted by atomic mass is 10.1. The van der Waals surface area contributed by atoms with Crippen LogP contribution in [0.15, 0.2) is 47.4 Å². The van der Waals surface area contributed by atoms with Crippen LogP contribution >= 0.6 is 11.8 Å². The van der Waals surface area contributed by atoms with Crippen molar-refractivity contribution in [2.45, 2.75) is 26.2 Å². The van der Waals surface area contributed by atoms with Crippen molar-refractivity contribution in [2.24, 2.45) is 0 Å². The second kappa shape index (κ2) is 8.97. The third kappa shape index (κ3) is 4.07. The van der Waals surface area contributed by atoms with Gasteiger partial charge in [0.15, 0.2) is 11.5 Å². The molecule has 6 heteroatoms. The van der Waals surface area contributed by atoms with E-state index >= 15 is 0 Å². The second-order valence-electron chi connectivity index (χ2n) is 6.37. The minimum Gasteiger partial charge on any atom is -0.493 e. The summed E-state index contributed by atoms with van der Waals surface area (Å²) in [6.07, 6.45) is 4.91. The van der Waals surface area contributed by atoms with Gasteiger partial charge in [-0.05, 0) is 54.4 Å². The van der Waals surface area contributed by atoms with Crippen LogP contribution in [0.25, 0.3) is 6.08 Å². The number of hydrogen-bond donors (Lipinski definition) is 0. The SMILES string of the molecule is CCCCc1ccc(N2C(=O)S/C(=C\c3cccc(OC)c3OC)C2=O)cc1. The number of aryl methyl sites for hydroxylation is 1. The summed E-state index contributed by atoms with van der Waals surface area (Å²) in [6.45, 7) is 2.15. The van der Waals surface area contributed by atoms with E-state index in [1.54, 1.807) is 26.4 Å². The third-order valence-electron chi connectivity index (χ3n) is 4.53. The van der Waals surface area contributed by atoms with Crippen molar-refractivity contribution in [3.05, 3.63) is 58.5 Å². The normalized spacial score (nSPS) is 15.4. The molecule has 0 aliphatic carbocycles. The van der Waals surface area contributed by atoms with Crippen molar-refractivity contribution in [3.63, 3.8) is 0 Å². The molecule has 3 rings (SSSR count). The summed E-state index contributed by atoms with van der Waals surface area (Å²) in [7, 11) is 3.10. The largest absolute Gasteiger partial charge is 0.493 e. The Bertz CT molecular complexity index is 905. The molecule has 0 N–H and O–H groups in total. The van der Waals surface area contributed by atoms with Crippen molar-refractivity contribution in [3.8, 4) is 11.5 Å². The van der Waals surface area contributed by atoms with Crippen LogP contribution in [0.5, 0.6) is 11.5 Å². The van der Waals surface area contributed by atoms with E-state index in [-0.39, 0.29) is 11.1 Å². The van der Waals surface area contributed by atoms with Crippen LogP contribution < -0.4 is 14.4 Å². The molecule has 2 aromatic carbocycles. The molecule has 0 bridgehead atoms. The maximum absolute atomic E-state index is 12.9. The number of benzene rings is 2. The first kappa shape index (κ1) is 20.0. The number of amides is 2. The fraction of sp³-hybridized carbons (Fsp3) is 0.273. The molecule has 0 aromatic heterocycles. The lowest BCUT2D eigenvalue weighted by molar-refractivity contribution is -0.113. The summed E-state index contributed by atoms with van der Waals surface area (Å²) in [5, 5.41) is -0.306. The number of ether oxygens (including phenoxy) is 2. The molecule has 28 heavy (non-hydrogen) atoms. The molecule has 2 aromatic rings. The Balaban J connectivity index is 1.87. The van der Waals surface area contributed by atoms with E-state index in [2.05, 4.69) is 6.92 Å². The van der Waals surface area contributed by atoms with Gasteiger partial charge in [-0.25, -0.2) is 4.90 Å². The molecule has 1 saturated heterocycles. The molecular formula is C22H23NO4S. The third-order valence-corrected chi connectivity index (χ3v) is 5.40. The summed E-state index contributed by atoms with van der Waals surface area (Å²) in [4.78, 5) is 26.9. The zero-order valence-corrected chi connectivity index (χ0v) is 17.0. The second-order valence-corrected chi connectivity index (χ2v) is 7.36. The van der Waals surface area contributed by atoms with E-state index in [9.17, 15) is 9.59 Å². The fourth-order valence-corrected chi connectivity index (χ4v) is 3.88. The summed E-state index contributed by atoms with van der Waals surface area (Å²) < 4.78 is 10.7. The first-order valence-electron chi connectivity index (χ1n) is 9.17. The van der Waals surface area contributed by atoms with Gasteiger partial charge < -0.3 is 9.47 Å². The molecule has 1 aliphatic heterocycles. The smallest absolute Gasteiger partial charge is 0.298 e. The molecular weight excluding hydrogens is 374 g/mol. The fourth-order valence-electron chi connectivity index (χ4n) is 3.05. The van der Waals surface area contributed by atoms with Crippen molar-refractivity contribution in [1.82, 2.24) is 0 Å². The highest BCUT2D eigenvalue weighted by molar-refractivity contribution is 8.19. The predicted octanol–water partition coefficient (Wildman–Crippen LogP) is 5.29. The Morgan fingerprint density at radius 2 is 1.79 bits per heavy atom. The summed E-state index contributed by atoms with van der Waals surface area (Å²) in [6, 6.07) is 13.0. The van der Waals surface area contributed by atoms with Crippen molar-refractivity contribution < 1.29 is 19.1 Å². The average Bonchev–Trinajstić information content (AvgIpc) is 2.99. The lowest BCUT2D eigenvalue weighted by Crippen LogP contribution is -2.27. The zero-order valence-electron chi connectivity index (χ0n) is 16.2. The molecule has 5 nitrogen and oxygen atoms in total. The number of hydrogen-bond acceptors (Lipinski definition) is 5. The Morgan fingerprint density at radius 3 is 2.43 bits per heavy atom. The monoisotopic (exact) mass is 397 g/mol. The van der Waals surface area contributed by atoms with Crippen LogP contribution in [-0.4, -0.2) is 25.4 Å². The molecule has 0 saturated carbocycles. The molecule has 2 amide bonds. The van der Waals surface area contributed by atoms with E-state index in [1.807, 2.05) is 36.4 Å². The van der Waals surface area contributed by atoms with Gasteiger partial charge in [-0.3, -0.25) is 9.59 Å². The molecule has 1 fully saturated rings. The number of methoxy groups -OCH3 is 2. The van der Waals surface area contributed by atoms with E-state index in [1.165, 1.54) is 10.5 Å². The molecule has 1 aliphatic rings. The van der Waals surface area contributed by atoms with E-state index < -0.39 is 0 Å². The number of para-hydroxylation sites is 1. The Hall–Kier alpha value is -2.73. The number of carbonyl (C=O) groups excluding carboxylic acids is 2. The predicted molar refractivity (Wildman–Crippen MR) is 113 cm³/mol. The van der Waals surface area contributed by atoms with Crippen LogP contribution in [0, 0.1) is 0 Å². The maximum Gasteiger partial charge on any atom is 0.298 e. The van der Waals surface area contributed by atoms with Crippen molar-refractivity contribution in [2.75, 3.05) is 19.1 Å². The quantitative estimate of drug-likeness (QED) is 0.595. The molecule has 146 valence electrons. The van der Waals surface area contributed by atoms with Gasteiger partial charge in [0, 0.05) is 5.56 Å². The average molecular weight is 397 g/mol. The van der Waals surface area contributed by atoms with Gasteiger partial charge in [-0.1, -0.05) is 37.6 Å². The summed E-state index contributed by atoms with van der Waals surface area (Å²) in [5.41, 5.74) is 2.47. The number of rotatable bonds is 7. The van der Waals surface area contributed by atoms with Crippen molar-refractivity contribution >= 4 is 34.7 Å². The van der Waals surface area contributed by atoms with Crippen LogP contribution in [0.3, 0.4) is 0 Å². The standard InChI is InChI=1S/C22H23NO4S/c1-4-5-7-15-10-12-17(13-11-15)23-21(24)19(28-22(23)25)14-16-8-6-9-18(26-2)20(16)27-3/h6,8-14H,4-5,7H2,1-3H3/b19-14-. The van der Waals surface area contributed by atoms with Crippen LogP contribution in [0.4, 0.5) is 10.5 Å². The van der Waals surface area contributed by atoms with E-state index in [0.29, 0.717) is 27.7 Å². The highest BCUT2D eigenvalue weighted by Crippen LogP contribution is 2.38. The van der Waals surface area contributed by atoms with E-state index in [4.69, 9.17) is 9.47 Å². The first-order valence-corrected chi connectivity index (χ1v) is 9.98. The molecule has 0 unspecified atom stereocenters. The van der Waals surface area contributed by atoms with Gasteiger partial charge in [-0.2, -0.15) is 0 Å². The lowest BCUT2D eigenvalue weighted by Gasteiger charge is -2.13. The van der Waals surface area contributed by atoms with Gasteiger partial charge in [0.1, 0.15) is 0 Å². The highest BCUT2D eigenvalue weighted by atomic mass is 32.2. The van der Waals surface area contributed by atoms with Gasteiger partial charge in [0.05, 0.1) is 24.8 Å². The number of unbranched alkanes of at least 4 members (excludes halogenated alkanes) is 1. The highest BCUT2D eigenvalue weighted by Gasteiger charge is 2.36. The summed E-state index contributed by atoms with van der Waals surface area (Å²) in [5.74, 6) is 0.761. The molecule has 0 radical (unpaired) electrons. The number of anilines is 1. The first-order chi connectivity index (χ1) is 13.6.